The van der Waals surface area contributed by atoms with Gasteiger partial charge in [0, 0.05) is 31.4 Å². The lowest BCUT2D eigenvalue weighted by Crippen LogP contribution is -2.42. The van der Waals surface area contributed by atoms with E-state index in [4.69, 9.17) is 10.5 Å². The monoisotopic (exact) mass is 298 g/mol. The van der Waals surface area contributed by atoms with Crippen LogP contribution in [0.15, 0.2) is 5.38 Å². The summed E-state index contributed by atoms with van der Waals surface area (Å²) in [6, 6.07) is 0. The van der Waals surface area contributed by atoms with Crippen LogP contribution in [0.4, 0.5) is 5.13 Å². The van der Waals surface area contributed by atoms with E-state index in [0.717, 1.165) is 0 Å². The Labute approximate surface area is 121 Å². The molecule has 0 aromatic carbocycles. The zero-order valence-corrected chi connectivity index (χ0v) is 11.9. The molecule has 110 valence electrons. The highest BCUT2D eigenvalue weighted by Gasteiger charge is 2.16. The molecule has 2 amide bonds. The molecule has 0 spiro atoms. The second kappa shape index (κ2) is 7.20. The number of carbonyl (C=O) groups is 2. The summed E-state index contributed by atoms with van der Waals surface area (Å²) in [6.45, 7) is 2.77. The van der Waals surface area contributed by atoms with Crippen molar-refractivity contribution < 1.29 is 14.3 Å². The van der Waals surface area contributed by atoms with Crippen molar-refractivity contribution in [1.82, 2.24) is 15.2 Å². The van der Waals surface area contributed by atoms with Crippen LogP contribution in [0.3, 0.4) is 0 Å². The fourth-order valence-electron chi connectivity index (χ4n) is 1.91. The SMILES string of the molecule is Nc1nc(CC(=O)NCCC(=O)N2CCOCC2)cs1. The number of nitrogens with two attached hydrogens (primary N) is 1. The first-order valence-electron chi connectivity index (χ1n) is 6.47. The molecule has 8 heteroatoms. The highest BCUT2D eigenvalue weighted by atomic mass is 32.1. The number of thiazole rings is 1. The normalized spacial score (nSPS) is 15.1. The number of carbonyl (C=O) groups excluding carboxylic acids is 2. The van der Waals surface area contributed by atoms with Gasteiger partial charge in [0.1, 0.15) is 0 Å². The van der Waals surface area contributed by atoms with Crippen LogP contribution < -0.4 is 11.1 Å². The highest BCUT2D eigenvalue weighted by molar-refractivity contribution is 7.13. The third kappa shape index (κ3) is 4.46. The van der Waals surface area contributed by atoms with Crippen molar-refractivity contribution in [3.63, 3.8) is 0 Å². The van der Waals surface area contributed by atoms with Crippen LogP contribution in [-0.4, -0.2) is 54.5 Å². The average molecular weight is 298 g/mol. The van der Waals surface area contributed by atoms with E-state index in [0.29, 0.717) is 50.1 Å². The quantitative estimate of drug-likeness (QED) is 0.773. The van der Waals surface area contributed by atoms with Crippen molar-refractivity contribution in [3.8, 4) is 0 Å². The summed E-state index contributed by atoms with van der Waals surface area (Å²) in [5.41, 5.74) is 6.15. The number of aromatic nitrogens is 1. The number of hydrogen-bond acceptors (Lipinski definition) is 6. The molecule has 0 aliphatic carbocycles. The standard InChI is InChI=1S/C12H18N4O3S/c13-12-15-9(8-20-12)7-10(17)14-2-1-11(18)16-3-5-19-6-4-16/h8H,1-7H2,(H2,13,15)(H,14,17). The van der Waals surface area contributed by atoms with Crippen LogP contribution >= 0.6 is 11.3 Å². The Bertz CT molecular complexity index is 471. The van der Waals surface area contributed by atoms with E-state index in [1.165, 1.54) is 11.3 Å². The summed E-state index contributed by atoms with van der Waals surface area (Å²) in [7, 11) is 0. The summed E-state index contributed by atoms with van der Waals surface area (Å²) in [4.78, 5) is 29.3. The average Bonchev–Trinajstić information content (AvgIpc) is 2.85. The van der Waals surface area contributed by atoms with Gasteiger partial charge in [-0.2, -0.15) is 0 Å². The Kier molecular flexibility index (Phi) is 5.31. The van der Waals surface area contributed by atoms with Crippen molar-refractivity contribution in [2.75, 3.05) is 38.6 Å². The molecule has 7 nitrogen and oxygen atoms in total. The molecule has 1 aromatic rings. The Balaban J connectivity index is 1.64. The number of rotatable bonds is 5. The van der Waals surface area contributed by atoms with Gasteiger partial charge in [-0.25, -0.2) is 4.98 Å². The smallest absolute Gasteiger partial charge is 0.226 e. The molecule has 20 heavy (non-hydrogen) atoms. The molecule has 1 saturated heterocycles. The first kappa shape index (κ1) is 14.7. The van der Waals surface area contributed by atoms with Gasteiger partial charge >= 0.3 is 0 Å². The molecule has 0 radical (unpaired) electrons. The second-order valence-corrected chi connectivity index (χ2v) is 5.34. The summed E-state index contributed by atoms with van der Waals surface area (Å²) in [5.74, 6) is -0.100. The number of nitrogens with zero attached hydrogens (tertiary/aromatic N) is 2. The minimum absolute atomic E-state index is 0.0477. The van der Waals surface area contributed by atoms with Crippen molar-refractivity contribution in [1.29, 1.82) is 0 Å². The summed E-state index contributed by atoms with van der Waals surface area (Å²) < 4.78 is 5.18. The third-order valence-electron chi connectivity index (χ3n) is 2.94. The molecule has 0 atom stereocenters. The number of anilines is 1. The maximum Gasteiger partial charge on any atom is 0.226 e. The molecule has 3 N–H and O–H groups in total. The highest BCUT2D eigenvalue weighted by Crippen LogP contribution is 2.11. The first-order valence-corrected chi connectivity index (χ1v) is 7.35. The van der Waals surface area contributed by atoms with Crippen molar-refractivity contribution in [2.24, 2.45) is 0 Å². The molecule has 0 saturated carbocycles. The fourth-order valence-corrected chi connectivity index (χ4v) is 2.47. The maximum atomic E-state index is 11.8. The van der Waals surface area contributed by atoms with Crippen molar-refractivity contribution in [3.05, 3.63) is 11.1 Å². The van der Waals surface area contributed by atoms with Gasteiger partial charge in [0.25, 0.3) is 0 Å². The predicted molar refractivity (Wildman–Crippen MR) is 75.3 cm³/mol. The Morgan fingerprint density at radius 2 is 2.20 bits per heavy atom. The molecular formula is C12H18N4O3S. The van der Waals surface area contributed by atoms with Crippen molar-refractivity contribution >= 4 is 28.3 Å². The molecule has 1 aliphatic rings. The zero-order chi connectivity index (χ0) is 14.4. The molecule has 0 unspecified atom stereocenters. The van der Waals surface area contributed by atoms with E-state index in [9.17, 15) is 9.59 Å². The number of amides is 2. The van der Waals surface area contributed by atoms with E-state index >= 15 is 0 Å². The second-order valence-electron chi connectivity index (χ2n) is 4.45. The first-order chi connectivity index (χ1) is 9.65. The van der Waals surface area contributed by atoms with Gasteiger partial charge in [-0.1, -0.05) is 0 Å². The van der Waals surface area contributed by atoms with E-state index in [1.54, 1.807) is 10.3 Å². The zero-order valence-electron chi connectivity index (χ0n) is 11.1. The molecular weight excluding hydrogens is 280 g/mol. The lowest BCUT2D eigenvalue weighted by molar-refractivity contribution is -0.135. The van der Waals surface area contributed by atoms with E-state index in [1.807, 2.05) is 0 Å². The lowest BCUT2D eigenvalue weighted by atomic mass is 10.3. The minimum atomic E-state index is -0.148. The number of hydrogen-bond donors (Lipinski definition) is 2. The van der Waals surface area contributed by atoms with Gasteiger partial charge in [-0.3, -0.25) is 9.59 Å². The van der Waals surface area contributed by atoms with Crippen molar-refractivity contribution in [2.45, 2.75) is 12.8 Å². The Hall–Kier alpha value is -1.67. The number of nitrogen functional groups attached to an aromatic ring is 1. The van der Waals surface area contributed by atoms with Gasteiger partial charge in [0.15, 0.2) is 5.13 Å². The van der Waals surface area contributed by atoms with Gasteiger partial charge < -0.3 is 20.7 Å². The molecule has 2 rings (SSSR count). The van der Waals surface area contributed by atoms with Gasteiger partial charge in [-0.15, -0.1) is 11.3 Å². The molecule has 1 fully saturated rings. The van der Waals surface area contributed by atoms with Crippen LogP contribution in [0, 0.1) is 0 Å². The molecule has 1 aromatic heterocycles. The Morgan fingerprint density at radius 1 is 1.45 bits per heavy atom. The number of morpholine rings is 1. The number of nitrogens with one attached hydrogen (secondary N) is 1. The van der Waals surface area contributed by atoms with E-state index < -0.39 is 0 Å². The summed E-state index contributed by atoms with van der Waals surface area (Å²) in [6.07, 6.45) is 0.504. The van der Waals surface area contributed by atoms with Gasteiger partial charge in [-0.05, 0) is 0 Å². The minimum Gasteiger partial charge on any atom is -0.378 e. The third-order valence-corrected chi connectivity index (χ3v) is 3.66. The summed E-state index contributed by atoms with van der Waals surface area (Å²) >= 11 is 1.31. The molecule has 1 aliphatic heterocycles. The lowest BCUT2D eigenvalue weighted by Gasteiger charge is -2.26. The predicted octanol–water partition coefficient (Wildman–Crippen LogP) is -0.367. The fraction of sp³-hybridized carbons (Fsp3) is 0.583. The topological polar surface area (TPSA) is 97.5 Å². The van der Waals surface area contributed by atoms with Crippen LogP contribution in [0.1, 0.15) is 12.1 Å². The number of ether oxygens (including phenoxy) is 1. The largest absolute Gasteiger partial charge is 0.378 e. The van der Waals surface area contributed by atoms with Gasteiger partial charge in [0.05, 0.1) is 25.3 Å². The van der Waals surface area contributed by atoms with Crippen LogP contribution in [0.2, 0.25) is 0 Å². The van der Waals surface area contributed by atoms with E-state index in [2.05, 4.69) is 10.3 Å². The maximum absolute atomic E-state index is 11.8. The molecule has 0 bridgehead atoms. The van der Waals surface area contributed by atoms with Gasteiger partial charge in [0.2, 0.25) is 11.8 Å². The van der Waals surface area contributed by atoms with E-state index in [-0.39, 0.29) is 18.2 Å². The van der Waals surface area contributed by atoms with Crippen LogP contribution in [0.5, 0.6) is 0 Å². The summed E-state index contributed by atoms with van der Waals surface area (Å²) in [5, 5.41) is 4.93. The van der Waals surface area contributed by atoms with Crippen LogP contribution in [0.25, 0.3) is 0 Å². The van der Waals surface area contributed by atoms with Crippen LogP contribution in [-0.2, 0) is 20.7 Å². The Morgan fingerprint density at radius 3 is 2.85 bits per heavy atom. The molecule has 2 heterocycles.